The molecular formula is C15H20O3. The van der Waals surface area contributed by atoms with E-state index in [1.165, 1.54) is 12.5 Å². The maximum atomic E-state index is 12.4. The molecule has 3 nitrogen and oxygen atoms in total. The topological polar surface area (TPSA) is 50.4 Å². The fraction of sp³-hybridized carbons (Fsp3) is 0.533. The lowest BCUT2D eigenvalue weighted by Gasteiger charge is -2.26. The van der Waals surface area contributed by atoms with Crippen LogP contribution in [-0.4, -0.2) is 16.5 Å². The lowest BCUT2D eigenvalue weighted by atomic mass is 9.84. The number of ketones is 1. The summed E-state index contributed by atoms with van der Waals surface area (Å²) in [4.78, 5) is 12.4. The van der Waals surface area contributed by atoms with Gasteiger partial charge in [0.05, 0.1) is 23.3 Å². The van der Waals surface area contributed by atoms with Crippen LogP contribution in [0, 0.1) is 11.8 Å². The normalized spacial score (nSPS) is 31.3. The van der Waals surface area contributed by atoms with Gasteiger partial charge in [-0.3, -0.25) is 4.79 Å². The fourth-order valence-electron chi connectivity index (χ4n) is 2.99. The smallest absolute Gasteiger partial charge is 0.172 e. The van der Waals surface area contributed by atoms with E-state index in [2.05, 4.69) is 6.92 Å². The molecule has 3 heteroatoms. The van der Waals surface area contributed by atoms with Crippen molar-refractivity contribution in [2.45, 2.75) is 39.2 Å². The van der Waals surface area contributed by atoms with Crippen LogP contribution in [0.1, 0.15) is 44.0 Å². The molecule has 1 aliphatic rings. The van der Waals surface area contributed by atoms with Crippen LogP contribution in [-0.2, 0) is 0 Å². The molecule has 0 aromatic carbocycles. The molecule has 0 radical (unpaired) electrons. The van der Waals surface area contributed by atoms with Crippen LogP contribution in [0.4, 0.5) is 0 Å². The maximum absolute atomic E-state index is 12.4. The third kappa shape index (κ3) is 2.41. The molecule has 0 aliphatic heterocycles. The predicted octanol–water partition coefficient (Wildman–Crippen LogP) is 3.21. The van der Waals surface area contributed by atoms with Crippen LogP contribution in [0.2, 0.25) is 0 Å². The van der Waals surface area contributed by atoms with Crippen LogP contribution in [0.5, 0.6) is 0 Å². The molecule has 18 heavy (non-hydrogen) atoms. The van der Waals surface area contributed by atoms with Crippen molar-refractivity contribution < 1.29 is 14.3 Å². The van der Waals surface area contributed by atoms with Gasteiger partial charge in [-0.25, -0.2) is 0 Å². The third-order valence-corrected chi connectivity index (χ3v) is 3.58. The molecule has 0 spiro atoms. The second-order valence-corrected chi connectivity index (χ2v) is 5.69. The van der Waals surface area contributed by atoms with Crippen molar-refractivity contribution in [3.8, 4) is 0 Å². The van der Waals surface area contributed by atoms with Gasteiger partial charge in [0, 0.05) is 0 Å². The number of carbonyl (C=O) groups is 1. The molecule has 1 heterocycles. The van der Waals surface area contributed by atoms with Crippen molar-refractivity contribution in [3.05, 3.63) is 35.8 Å². The Morgan fingerprint density at radius 3 is 2.83 bits per heavy atom. The summed E-state index contributed by atoms with van der Waals surface area (Å²) >= 11 is 0. The number of carbonyl (C=O) groups excluding carboxylic acids is 1. The molecule has 1 N–H and O–H groups in total. The SMILES string of the molecule is CC(C)=CC1(O)CC(C)CC1C(=O)c1ccoc1. The summed E-state index contributed by atoms with van der Waals surface area (Å²) < 4.78 is 4.95. The molecule has 3 unspecified atom stereocenters. The van der Waals surface area contributed by atoms with Crippen LogP contribution in [0.15, 0.2) is 34.7 Å². The van der Waals surface area contributed by atoms with Gasteiger partial charge >= 0.3 is 0 Å². The minimum atomic E-state index is -1.01. The first-order chi connectivity index (χ1) is 8.42. The molecule has 1 aromatic heterocycles. The molecule has 98 valence electrons. The van der Waals surface area contributed by atoms with Crippen LogP contribution >= 0.6 is 0 Å². The number of furan rings is 1. The summed E-state index contributed by atoms with van der Waals surface area (Å²) in [7, 11) is 0. The Morgan fingerprint density at radius 1 is 1.56 bits per heavy atom. The average molecular weight is 248 g/mol. The zero-order valence-corrected chi connectivity index (χ0v) is 11.1. The monoisotopic (exact) mass is 248 g/mol. The molecule has 1 saturated carbocycles. The first kappa shape index (κ1) is 13.1. The predicted molar refractivity (Wildman–Crippen MR) is 69.3 cm³/mol. The highest BCUT2D eigenvalue weighted by Crippen LogP contribution is 2.42. The van der Waals surface area contributed by atoms with Crippen molar-refractivity contribution >= 4 is 5.78 Å². The number of hydrogen-bond acceptors (Lipinski definition) is 3. The minimum absolute atomic E-state index is 0.0203. The molecule has 0 amide bonds. The average Bonchev–Trinajstić information content (AvgIpc) is 2.84. The van der Waals surface area contributed by atoms with Gasteiger partial charge in [0.1, 0.15) is 6.26 Å². The Balaban J connectivity index is 2.30. The summed E-state index contributed by atoms with van der Waals surface area (Å²) in [6.45, 7) is 5.97. The van der Waals surface area contributed by atoms with Crippen molar-refractivity contribution in [2.75, 3.05) is 0 Å². The van der Waals surface area contributed by atoms with Crippen molar-refractivity contribution in [3.63, 3.8) is 0 Å². The molecule has 1 fully saturated rings. The highest BCUT2D eigenvalue weighted by molar-refractivity contribution is 5.98. The van der Waals surface area contributed by atoms with Crippen LogP contribution in [0.3, 0.4) is 0 Å². The van der Waals surface area contributed by atoms with Crippen LogP contribution in [0.25, 0.3) is 0 Å². The molecule has 1 aromatic rings. The second-order valence-electron chi connectivity index (χ2n) is 5.69. The number of Topliss-reactive ketones (excluding diaryl/α,β-unsaturated/α-hetero) is 1. The van der Waals surface area contributed by atoms with E-state index in [1.807, 2.05) is 19.9 Å². The second kappa shape index (κ2) is 4.73. The molecule has 0 saturated heterocycles. The maximum Gasteiger partial charge on any atom is 0.172 e. The summed E-state index contributed by atoms with van der Waals surface area (Å²) in [5, 5.41) is 10.7. The Labute approximate surface area is 108 Å². The zero-order valence-electron chi connectivity index (χ0n) is 11.1. The van der Waals surface area contributed by atoms with E-state index in [1.54, 1.807) is 6.07 Å². The van der Waals surface area contributed by atoms with E-state index < -0.39 is 5.60 Å². The van der Waals surface area contributed by atoms with Gasteiger partial charge in [0.25, 0.3) is 0 Å². The van der Waals surface area contributed by atoms with Gasteiger partial charge < -0.3 is 9.52 Å². The van der Waals surface area contributed by atoms with Gasteiger partial charge in [0.2, 0.25) is 0 Å². The number of allylic oxidation sites excluding steroid dienone is 1. The third-order valence-electron chi connectivity index (χ3n) is 3.58. The van der Waals surface area contributed by atoms with Gasteiger partial charge in [0.15, 0.2) is 5.78 Å². The molecule has 3 atom stereocenters. The Hall–Kier alpha value is -1.35. The molecular weight excluding hydrogens is 228 g/mol. The first-order valence-electron chi connectivity index (χ1n) is 6.37. The van der Waals surface area contributed by atoms with E-state index in [0.29, 0.717) is 17.9 Å². The fourth-order valence-corrected chi connectivity index (χ4v) is 2.99. The van der Waals surface area contributed by atoms with Gasteiger partial charge in [-0.05, 0) is 38.7 Å². The Morgan fingerprint density at radius 2 is 2.28 bits per heavy atom. The van der Waals surface area contributed by atoms with E-state index in [4.69, 9.17) is 4.42 Å². The standard InChI is InChI=1S/C15H20O3/c1-10(2)7-15(17)8-11(3)6-13(15)14(16)12-4-5-18-9-12/h4-5,7,9,11,13,17H,6,8H2,1-3H3. The Kier molecular flexibility index (Phi) is 3.44. The summed E-state index contributed by atoms with van der Waals surface area (Å²) in [5.74, 6) is -0.0282. The van der Waals surface area contributed by atoms with Crippen molar-refractivity contribution in [1.29, 1.82) is 0 Å². The summed E-state index contributed by atoms with van der Waals surface area (Å²) in [6.07, 6.45) is 6.15. The molecule has 1 aliphatic carbocycles. The highest BCUT2D eigenvalue weighted by atomic mass is 16.3. The van der Waals surface area contributed by atoms with Crippen LogP contribution < -0.4 is 0 Å². The van der Waals surface area contributed by atoms with Gasteiger partial charge in [-0.15, -0.1) is 0 Å². The largest absolute Gasteiger partial charge is 0.472 e. The lowest BCUT2D eigenvalue weighted by Crippen LogP contribution is -2.36. The van der Waals surface area contributed by atoms with E-state index in [-0.39, 0.29) is 11.7 Å². The quantitative estimate of drug-likeness (QED) is 0.660. The Bertz CT molecular complexity index is 454. The van der Waals surface area contributed by atoms with E-state index in [9.17, 15) is 9.90 Å². The number of hydrogen-bond donors (Lipinski definition) is 1. The van der Waals surface area contributed by atoms with Gasteiger partial charge in [-0.1, -0.05) is 18.6 Å². The van der Waals surface area contributed by atoms with E-state index in [0.717, 1.165) is 12.0 Å². The first-order valence-corrected chi connectivity index (χ1v) is 6.37. The molecule has 0 bridgehead atoms. The number of rotatable bonds is 3. The molecule has 2 rings (SSSR count). The zero-order chi connectivity index (χ0) is 13.3. The van der Waals surface area contributed by atoms with Crippen molar-refractivity contribution in [2.24, 2.45) is 11.8 Å². The highest BCUT2D eigenvalue weighted by Gasteiger charge is 2.47. The van der Waals surface area contributed by atoms with Crippen molar-refractivity contribution in [1.82, 2.24) is 0 Å². The lowest BCUT2D eigenvalue weighted by molar-refractivity contribution is 0.0419. The van der Waals surface area contributed by atoms with E-state index >= 15 is 0 Å². The summed E-state index contributed by atoms with van der Waals surface area (Å²) in [6, 6.07) is 1.66. The summed E-state index contributed by atoms with van der Waals surface area (Å²) in [5.41, 5.74) is 0.582. The van der Waals surface area contributed by atoms with Gasteiger partial charge in [-0.2, -0.15) is 0 Å². The number of aliphatic hydroxyl groups is 1. The minimum Gasteiger partial charge on any atom is -0.472 e.